The smallest absolute Gasteiger partial charge is 0.262 e. The second-order valence-corrected chi connectivity index (χ2v) is 9.15. The normalized spacial score (nSPS) is 12.2. The molecule has 3 aromatic rings. The molecule has 0 spiro atoms. The summed E-state index contributed by atoms with van der Waals surface area (Å²) in [6.45, 7) is 3.43. The maximum absolute atomic E-state index is 12.6. The molecule has 0 aliphatic carbocycles. The molecular weight excluding hydrogens is 436 g/mol. The minimum atomic E-state index is -3.70. The van der Waals surface area contributed by atoms with E-state index in [9.17, 15) is 13.2 Å². The number of carbonyl (C=O) groups is 1. The van der Waals surface area contributed by atoms with Crippen molar-refractivity contribution in [3.8, 4) is 5.75 Å². The number of carbonyl (C=O) groups excluding carboxylic acids is 1. The third-order valence-corrected chi connectivity index (χ3v) is 6.55. The summed E-state index contributed by atoms with van der Waals surface area (Å²) in [6, 6.07) is 20.1. The fourth-order valence-electron chi connectivity index (χ4n) is 2.84. The van der Waals surface area contributed by atoms with E-state index in [-0.39, 0.29) is 23.5 Å². The van der Waals surface area contributed by atoms with Crippen molar-refractivity contribution >= 4 is 33.2 Å². The van der Waals surface area contributed by atoms with Gasteiger partial charge in [-0.1, -0.05) is 48.0 Å². The number of sulfonamides is 1. The Labute approximate surface area is 187 Å². The number of benzene rings is 3. The Morgan fingerprint density at radius 2 is 1.71 bits per heavy atom. The zero-order valence-electron chi connectivity index (χ0n) is 17.1. The first kappa shape index (κ1) is 22.8. The van der Waals surface area contributed by atoms with Crippen LogP contribution in [0.15, 0.2) is 77.7 Å². The lowest BCUT2D eigenvalue weighted by molar-refractivity contribution is -0.118. The number of halogens is 1. The van der Waals surface area contributed by atoms with Crippen LogP contribution in [-0.4, -0.2) is 20.9 Å². The van der Waals surface area contributed by atoms with Crippen LogP contribution in [0.2, 0.25) is 5.02 Å². The molecule has 31 heavy (non-hydrogen) atoms. The van der Waals surface area contributed by atoms with Crippen molar-refractivity contribution in [2.75, 3.05) is 11.9 Å². The van der Waals surface area contributed by atoms with E-state index in [0.717, 1.165) is 11.1 Å². The molecule has 2 N–H and O–H groups in total. The number of rotatable bonds is 8. The molecule has 1 atom stereocenters. The summed E-state index contributed by atoms with van der Waals surface area (Å²) in [4.78, 5) is 12.2. The van der Waals surface area contributed by atoms with Gasteiger partial charge in [0.05, 0.1) is 4.90 Å². The number of amides is 1. The van der Waals surface area contributed by atoms with E-state index in [2.05, 4.69) is 10.0 Å². The highest BCUT2D eigenvalue weighted by Gasteiger charge is 2.18. The third-order valence-electron chi connectivity index (χ3n) is 4.59. The molecular formula is C23H23ClN2O4S. The van der Waals surface area contributed by atoms with Crippen molar-refractivity contribution in [1.29, 1.82) is 0 Å². The van der Waals surface area contributed by atoms with Crippen molar-refractivity contribution in [2.45, 2.75) is 24.8 Å². The molecule has 0 saturated heterocycles. The second-order valence-electron chi connectivity index (χ2n) is 7.03. The molecule has 1 amide bonds. The Kier molecular flexibility index (Phi) is 7.33. The van der Waals surface area contributed by atoms with Crippen molar-refractivity contribution in [3.63, 3.8) is 0 Å². The number of anilines is 1. The highest BCUT2D eigenvalue weighted by atomic mass is 35.5. The Balaban J connectivity index is 1.56. The average Bonchev–Trinajstić information content (AvgIpc) is 2.75. The van der Waals surface area contributed by atoms with Gasteiger partial charge in [-0.3, -0.25) is 4.79 Å². The number of hydrogen-bond donors (Lipinski definition) is 2. The molecule has 0 aromatic heterocycles. The molecule has 0 saturated carbocycles. The summed E-state index contributed by atoms with van der Waals surface area (Å²) in [7, 11) is -3.70. The van der Waals surface area contributed by atoms with E-state index in [0.29, 0.717) is 16.5 Å². The van der Waals surface area contributed by atoms with Crippen LogP contribution < -0.4 is 14.8 Å². The van der Waals surface area contributed by atoms with E-state index < -0.39 is 10.0 Å². The zero-order chi connectivity index (χ0) is 22.4. The largest absolute Gasteiger partial charge is 0.484 e. The predicted octanol–water partition coefficient (Wildman–Crippen LogP) is 4.71. The predicted molar refractivity (Wildman–Crippen MR) is 122 cm³/mol. The Morgan fingerprint density at radius 3 is 2.35 bits per heavy atom. The van der Waals surface area contributed by atoms with E-state index in [1.54, 1.807) is 19.1 Å². The van der Waals surface area contributed by atoms with E-state index in [1.807, 2.05) is 43.3 Å². The van der Waals surface area contributed by atoms with Gasteiger partial charge in [0.15, 0.2) is 6.61 Å². The number of hydrogen-bond acceptors (Lipinski definition) is 4. The first-order valence-electron chi connectivity index (χ1n) is 9.61. The van der Waals surface area contributed by atoms with Crippen LogP contribution in [-0.2, 0) is 14.8 Å². The number of nitrogens with one attached hydrogen (secondary N) is 2. The molecule has 3 aromatic carbocycles. The first-order chi connectivity index (χ1) is 14.7. The van der Waals surface area contributed by atoms with Gasteiger partial charge < -0.3 is 10.1 Å². The van der Waals surface area contributed by atoms with Gasteiger partial charge in [-0.25, -0.2) is 13.1 Å². The summed E-state index contributed by atoms with van der Waals surface area (Å²) in [5.74, 6) is 0.0297. The molecule has 3 rings (SSSR count). The lowest BCUT2D eigenvalue weighted by Gasteiger charge is -2.15. The lowest BCUT2D eigenvalue weighted by Crippen LogP contribution is -2.26. The molecule has 0 aliphatic rings. The third kappa shape index (κ3) is 6.30. The second kappa shape index (κ2) is 9.96. The highest BCUT2D eigenvalue weighted by Crippen LogP contribution is 2.21. The summed E-state index contributed by atoms with van der Waals surface area (Å²) in [5.41, 5.74) is 2.36. The quantitative estimate of drug-likeness (QED) is 0.512. The van der Waals surface area contributed by atoms with Crippen molar-refractivity contribution < 1.29 is 17.9 Å². The highest BCUT2D eigenvalue weighted by molar-refractivity contribution is 7.89. The lowest BCUT2D eigenvalue weighted by atomic mass is 10.1. The topological polar surface area (TPSA) is 84.5 Å². The monoisotopic (exact) mass is 458 g/mol. The van der Waals surface area contributed by atoms with Crippen LogP contribution in [0.3, 0.4) is 0 Å². The Bertz CT molecular complexity index is 1150. The molecule has 0 radical (unpaired) electrons. The van der Waals surface area contributed by atoms with Gasteiger partial charge in [0.1, 0.15) is 5.75 Å². The molecule has 0 fully saturated rings. The first-order valence-corrected chi connectivity index (χ1v) is 11.5. The van der Waals surface area contributed by atoms with Gasteiger partial charge in [-0.05, 0) is 61.4 Å². The van der Waals surface area contributed by atoms with E-state index in [1.165, 1.54) is 24.3 Å². The molecule has 0 bridgehead atoms. The fraction of sp³-hybridized carbons (Fsp3) is 0.174. The van der Waals surface area contributed by atoms with Gasteiger partial charge in [0, 0.05) is 16.8 Å². The summed E-state index contributed by atoms with van der Waals surface area (Å²) in [5, 5.41) is 3.26. The van der Waals surface area contributed by atoms with Gasteiger partial charge in [-0.2, -0.15) is 0 Å². The fourth-order valence-corrected chi connectivity index (χ4v) is 4.25. The van der Waals surface area contributed by atoms with Crippen LogP contribution in [0, 0.1) is 6.92 Å². The van der Waals surface area contributed by atoms with Crippen LogP contribution in [0.4, 0.5) is 5.69 Å². The van der Waals surface area contributed by atoms with Crippen LogP contribution >= 0.6 is 11.6 Å². The van der Waals surface area contributed by atoms with Crippen molar-refractivity contribution in [1.82, 2.24) is 4.72 Å². The maximum Gasteiger partial charge on any atom is 0.262 e. The summed E-state index contributed by atoms with van der Waals surface area (Å²) < 4.78 is 33.3. The molecule has 0 unspecified atom stereocenters. The van der Waals surface area contributed by atoms with E-state index >= 15 is 0 Å². The van der Waals surface area contributed by atoms with Crippen LogP contribution in [0.1, 0.15) is 24.1 Å². The summed E-state index contributed by atoms with van der Waals surface area (Å²) >= 11 is 6.05. The molecule has 0 heterocycles. The molecule has 162 valence electrons. The summed E-state index contributed by atoms with van der Waals surface area (Å²) in [6.07, 6.45) is 0. The minimum Gasteiger partial charge on any atom is -0.484 e. The average molecular weight is 459 g/mol. The Morgan fingerprint density at radius 1 is 1.03 bits per heavy atom. The standard InChI is InChI=1S/C23H23ClN2O4S/c1-16-8-9-19(14-22(16)24)25-23(27)15-30-20-10-12-21(13-11-20)31(28,29)26-17(2)18-6-4-3-5-7-18/h3-14,17,26H,15H2,1-2H3,(H,25,27)/t17-/m0/s1. The minimum absolute atomic E-state index is 0.112. The number of aryl methyl sites for hydroxylation is 1. The zero-order valence-corrected chi connectivity index (χ0v) is 18.7. The van der Waals surface area contributed by atoms with Crippen molar-refractivity contribution in [3.05, 3.63) is 88.9 Å². The SMILES string of the molecule is Cc1ccc(NC(=O)COc2ccc(S(=O)(=O)N[C@@H](C)c3ccccc3)cc2)cc1Cl. The van der Waals surface area contributed by atoms with E-state index in [4.69, 9.17) is 16.3 Å². The van der Waals surface area contributed by atoms with Crippen LogP contribution in [0.25, 0.3) is 0 Å². The van der Waals surface area contributed by atoms with Gasteiger partial charge in [0.25, 0.3) is 5.91 Å². The Hall–Kier alpha value is -2.87. The molecule has 8 heteroatoms. The van der Waals surface area contributed by atoms with Crippen LogP contribution in [0.5, 0.6) is 5.75 Å². The molecule has 6 nitrogen and oxygen atoms in total. The van der Waals surface area contributed by atoms with Gasteiger partial charge >= 0.3 is 0 Å². The molecule has 0 aliphatic heterocycles. The van der Waals surface area contributed by atoms with Crippen molar-refractivity contribution in [2.24, 2.45) is 0 Å². The maximum atomic E-state index is 12.6. The van der Waals surface area contributed by atoms with Gasteiger partial charge in [0.2, 0.25) is 10.0 Å². The number of ether oxygens (including phenoxy) is 1. The van der Waals surface area contributed by atoms with Gasteiger partial charge in [-0.15, -0.1) is 0 Å².